The van der Waals surface area contributed by atoms with Gasteiger partial charge in [0.2, 0.25) is 10.0 Å². The van der Waals surface area contributed by atoms with Gasteiger partial charge in [-0.15, -0.1) is 0 Å². The molecule has 1 saturated heterocycles. The SMILES string of the molecule is CC(C)n1nccc1NC(=O)c1ccc(F)c(S(=O)(=O)N2CCCCC2)c1. The van der Waals surface area contributed by atoms with Crippen LogP contribution in [0, 0.1) is 5.82 Å². The molecule has 1 aliphatic rings. The van der Waals surface area contributed by atoms with Gasteiger partial charge in [-0.25, -0.2) is 17.5 Å². The number of benzene rings is 1. The van der Waals surface area contributed by atoms with Crippen molar-refractivity contribution in [2.45, 2.75) is 44.0 Å². The summed E-state index contributed by atoms with van der Waals surface area (Å²) in [6, 6.07) is 5.08. The predicted octanol–water partition coefficient (Wildman–Crippen LogP) is 3.03. The van der Waals surface area contributed by atoms with Crippen LogP contribution < -0.4 is 5.32 Å². The van der Waals surface area contributed by atoms with Crippen molar-refractivity contribution < 1.29 is 17.6 Å². The molecular formula is C18H23FN4O3S. The van der Waals surface area contributed by atoms with Crippen molar-refractivity contribution in [3.63, 3.8) is 0 Å². The van der Waals surface area contributed by atoms with Crippen molar-refractivity contribution in [2.75, 3.05) is 18.4 Å². The third-order valence-electron chi connectivity index (χ3n) is 4.53. The summed E-state index contributed by atoms with van der Waals surface area (Å²) < 4.78 is 42.8. The van der Waals surface area contributed by atoms with E-state index in [1.54, 1.807) is 16.9 Å². The van der Waals surface area contributed by atoms with Crippen LogP contribution in [0.3, 0.4) is 0 Å². The normalized spacial score (nSPS) is 15.9. The molecule has 9 heteroatoms. The van der Waals surface area contributed by atoms with E-state index in [2.05, 4.69) is 10.4 Å². The molecule has 2 aromatic rings. The zero-order valence-electron chi connectivity index (χ0n) is 15.4. The van der Waals surface area contributed by atoms with Crippen LogP contribution in [0.5, 0.6) is 0 Å². The molecule has 0 radical (unpaired) electrons. The Kier molecular flexibility index (Phi) is 5.61. The Balaban J connectivity index is 1.88. The molecule has 1 aromatic carbocycles. The minimum atomic E-state index is -3.97. The number of anilines is 1. The van der Waals surface area contributed by atoms with Crippen molar-refractivity contribution in [3.8, 4) is 0 Å². The molecule has 1 N–H and O–H groups in total. The number of hydrogen-bond acceptors (Lipinski definition) is 4. The summed E-state index contributed by atoms with van der Waals surface area (Å²) in [6.45, 7) is 4.57. The van der Waals surface area contributed by atoms with Gasteiger partial charge in [0.1, 0.15) is 16.5 Å². The third kappa shape index (κ3) is 4.03. The molecule has 0 spiro atoms. The Hall–Kier alpha value is -2.26. The molecule has 1 fully saturated rings. The number of carbonyl (C=O) groups is 1. The van der Waals surface area contributed by atoms with Gasteiger partial charge in [0, 0.05) is 30.8 Å². The van der Waals surface area contributed by atoms with E-state index in [9.17, 15) is 17.6 Å². The van der Waals surface area contributed by atoms with E-state index in [0.717, 1.165) is 31.4 Å². The molecule has 3 rings (SSSR count). The standard InChI is InChI=1S/C18H23FN4O3S/c1-13(2)23-17(8-9-20-23)21-18(24)14-6-7-15(19)16(12-14)27(25,26)22-10-4-3-5-11-22/h6-9,12-13H,3-5,10-11H2,1-2H3,(H,21,24). The average Bonchev–Trinajstić information content (AvgIpc) is 3.11. The summed E-state index contributed by atoms with van der Waals surface area (Å²) in [5.41, 5.74) is 0.0727. The van der Waals surface area contributed by atoms with Crippen molar-refractivity contribution in [2.24, 2.45) is 0 Å². The van der Waals surface area contributed by atoms with Gasteiger partial charge in [0.25, 0.3) is 5.91 Å². The minimum absolute atomic E-state index is 0.0403. The van der Waals surface area contributed by atoms with Crippen molar-refractivity contribution in [1.82, 2.24) is 14.1 Å². The Bertz CT molecular complexity index is 934. The minimum Gasteiger partial charge on any atom is -0.307 e. The maximum absolute atomic E-state index is 14.3. The first kappa shape index (κ1) is 19.5. The van der Waals surface area contributed by atoms with Gasteiger partial charge >= 0.3 is 0 Å². The van der Waals surface area contributed by atoms with Gasteiger partial charge in [-0.05, 0) is 44.9 Å². The number of sulfonamides is 1. The lowest BCUT2D eigenvalue weighted by Gasteiger charge is -2.26. The predicted molar refractivity (Wildman–Crippen MR) is 99.6 cm³/mol. The molecule has 0 atom stereocenters. The first-order valence-electron chi connectivity index (χ1n) is 8.95. The van der Waals surface area contributed by atoms with Gasteiger partial charge in [-0.2, -0.15) is 9.40 Å². The van der Waals surface area contributed by atoms with Gasteiger partial charge in [0.15, 0.2) is 0 Å². The summed E-state index contributed by atoms with van der Waals surface area (Å²) in [7, 11) is -3.97. The van der Waals surface area contributed by atoms with E-state index in [1.807, 2.05) is 13.8 Å². The lowest BCUT2D eigenvalue weighted by atomic mass is 10.2. The molecule has 0 bridgehead atoms. The Labute approximate surface area is 158 Å². The smallest absolute Gasteiger partial charge is 0.256 e. The molecule has 1 amide bonds. The first-order chi connectivity index (χ1) is 12.8. The summed E-state index contributed by atoms with van der Waals surface area (Å²) in [6.07, 6.45) is 4.02. The number of piperidine rings is 1. The first-order valence-corrected chi connectivity index (χ1v) is 10.4. The average molecular weight is 394 g/mol. The zero-order chi connectivity index (χ0) is 19.6. The molecule has 0 unspecified atom stereocenters. The molecule has 7 nitrogen and oxygen atoms in total. The Morgan fingerprint density at radius 2 is 1.89 bits per heavy atom. The second-order valence-corrected chi connectivity index (χ2v) is 8.73. The number of nitrogens with zero attached hydrogens (tertiary/aromatic N) is 3. The van der Waals surface area contributed by atoms with Gasteiger partial charge < -0.3 is 5.32 Å². The Morgan fingerprint density at radius 3 is 2.56 bits per heavy atom. The maximum atomic E-state index is 14.3. The van der Waals surface area contributed by atoms with E-state index < -0.39 is 26.6 Å². The molecular weight excluding hydrogens is 371 g/mol. The van der Waals surface area contributed by atoms with Gasteiger partial charge in [-0.1, -0.05) is 6.42 Å². The van der Waals surface area contributed by atoms with E-state index in [0.29, 0.717) is 18.9 Å². The van der Waals surface area contributed by atoms with Crippen LogP contribution in [0.2, 0.25) is 0 Å². The van der Waals surface area contributed by atoms with Crippen LogP contribution in [0.15, 0.2) is 35.4 Å². The quantitative estimate of drug-likeness (QED) is 0.845. The Morgan fingerprint density at radius 1 is 1.19 bits per heavy atom. The summed E-state index contributed by atoms with van der Waals surface area (Å²) in [4.78, 5) is 12.1. The van der Waals surface area contributed by atoms with Crippen LogP contribution in [0.1, 0.15) is 49.5 Å². The fourth-order valence-corrected chi connectivity index (χ4v) is 4.71. The van der Waals surface area contributed by atoms with E-state index in [4.69, 9.17) is 0 Å². The molecule has 0 aliphatic carbocycles. The number of carbonyl (C=O) groups excluding carboxylic acids is 1. The van der Waals surface area contributed by atoms with Crippen LogP contribution in [-0.2, 0) is 10.0 Å². The fourth-order valence-electron chi connectivity index (χ4n) is 3.10. The van der Waals surface area contributed by atoms with Crippen LogP contribution in [-0.4, -0.2) is 41.5 Å². The molecule has 1 aliphatic heterocycles. The lowest BCUT2D eigenvalue weighted by molar-refractivity contribution is 0.102. The summed E-state index contributed by atoms with van der Waals surface area (Å²) in [5.74, 6) is -0.892. The molecule has 1 aromatic heterocycles. The van der Waals surface area contributed by atoms with Gasteiger partial charge in [-0.3, -0.25) is 4.79 Å². The number of rotatable bonds is 5. The van der Waals surface area contributed by atoms with E-state index in [-0.39, 0.29) is 11.6 Å². The highest BCUT2D eigenvalue weighted by Crippen LogP contribution is 2.24. The zero-order valence-corrected chi connectivity index (χ0v) is 16.2. The number of aromatic nitrogens is 2. The van der Waals surface area contributed by atoms with Crippen LogP contribution in [0.4, 0.5) is 10.2 Å². The lowest BCUT2D eigenvalue weighted by Crippen LogP contribution is -2.36. The van der Waals surface area contributed by atoms with E-state index >= 15 is 0 Å². The van der Waals surface area contributed by atoms with Gasteiger partial charge in [0.05, 0.1) is 6.20 Å². The largest absolute Gasteiger partial charge is 0.307 e. The highest BCUT2D eigenvalue weighted by molar-refractivity contribution is 7.89. The second kappa shape index (κ2) is 7.77. The number of amides is 1. The molecule has 2 heterocycles. The number of nitrogens with one attached hydrogen (secondary N) is 1. The molecule has 0 saturated carbocycles. The second-order valence-electron chi connectivity index (χ2n) is 6.82. The topological polar surface area (TPSA) is 84.3 Å². The molecule has 146 valence electrons. The third-order valence-corrected chi connectivity index (χ3v) is 6.44. The monoisotopic (exact) mass is 394 g/mol. The summed E-state index contributed by atoms with van der Waals surface area (Å²) >= 11 is 0. The van der Waals surface area contributed by atoms with Crippen molar-refractivity contribution in [3.05, 3.63) is 41.8 Å². The van der Waals surface area contributed by atoms with Crippen molar-refractivity contribution >= 4 is 21.7 Å². The van der Waals surface area contributed by atoms with Crippen molar-refractivity contribution in [1.29, 1.82) is 0 Å². The van der Waals surface area contributed by atoms with Crippen LogP contribution >= 0.6 is 0 Å². The number of hydrogen-bond donors (Lipinski definition) is 1. The van der Waals surface area contributed by atoms with Crippen LogP contribution in [0.25, 0.3) is 0 Å². The summed E-state index contributed by atoms with van der Waals surface area (Å²) in [5, 5.41) is 6.83. The fraction of sp³-hybridized carbons (Fsp3) is 0.444. The highest BCUT2D eigenvalue weighted by atomic mass is 32.2. The molecule has 27 heavy (non-hydrogen) atoms. The highest BCUT2D eigenvalue weighted by Gasteiger charge is 2.29. The van der Waals surface area contributed by atoms with E-state index in [1.165, 1.54) is 10.4 Å². The maximum Gasteiger partial charge on any atom is 0.256 e. The number of halogens is 1.